The van der Waals surface area contributed by atoms with Crippen molar-refractivity contribution in [1.29, 1.82) is 0 Å². The first kappa shape index (κ1) is 13.4. The van der Waals surface area contributed by atoms with E-state index >= 15 is 0 Å². The molecule has 2 atom stereocenters. The summed E-state index contributed by atoms with van der Waals surface area (Å²) in [6.07, 6.45) is 2.58. The van der Waals surface area contributed by atoms with Crippen LogP contribution in [0.15, 0.2) is 18.2 Å². The third-order valence-corrected chi connectivity index (χ3v) is 4.46. The lowest BCUT2D eigenvalue weighted by molar-refractivity contribution is 0.0887. The third kappa shape index (κ3) is 2.39. The molecule has 18 heavy (non-hydrogen) atoms. The quantitative estimate of drug-likeness (QED) is 0.858. The normalized spacial score (nSPS) is 23.4. The lowest BCUT2D eigenvalue weighted by Gasteiger charge is -2.41. The summed E-state index contributed by atoms with van der Waals surface area (Å²) < 4.78 is 0. The van der Waals surface area contributed by atoms with Gasteiger partial charge in [0.15, 0.2) is 0 Å². The molecule has 1 heterocycles. The molecule has 1 aliphatic rings. The lowest BCUT2D eigenvalue weighted by Crippen LogP contribution is -2.48. The number of aliphatic hydroxyl groups is 1. The van der Waals surface area contributed by atoms with Gasteiger partial charge < -0.3 is 10.4 Å². The van der Waals surface area contributed by atoms with Gasteiger partial charge in [0.2, 0.25) is 0 Å². The van der Waals surface area contributed by atoms with Gasteiger partial charge in [-0.1, -0.05) is 39.8 Å². The summed E-state index contributed by atoms with van der Waals surface area (Å²) in [5.74, 6) is 0. The van der Waals surface area contributed by atoms with Crippen LogP contribution in [0.3, 0.4) is 0 Å². The minimum absolute atomic E-state index is 0.112. The molecule has 2 rings (SSSR count). The van der Waals surface area contributed by atoms with Gasteiger partial charge in [-0.25, -0.2) is 0 Å². The Kier molecular flexibility index (Phi) is 3.67. The molecule has 1 aromatic rings. The van der Waals surface area contributed by atoms with Crippen LogP contribution in [0.2, 0.25) is 0 Å². The van der Waals surface area contributed by atoms with Crippen LogP contribution in [0.1, 0.15) is 45.2 Å². The molecule has 100 valence electrons. The van der Waals surface area contributed by atoms with E-state index in [1.807, 2.05) is 0 Å². The van der Waals surface area contributed by atoms with Crippen molar-refractivity contribution in [2.75, 3.05) is 5.32 Å². The highest BCUT2D eigenvalue weighted by atomic mass is 16.3. The first-order valence-corrected chi connectivity index (χ1v) is 7.04. The average molecular weight is 247 g/mol. The van der Waals surface area contributed by atoms with E-state index in [1.54, 1.807) is 0 Å². The van der Waals surface area contributed by atoms with Crippen molar-refractivity contribution in [2.45, 2.75) is 59.1 Å². The average Bonchev–Trinajstić information content (AvgIpc) is 2.37. The van der Waals surface area contributed by atoms with Crippen LogP contribution in [0.25, 0.3) is 0 Å². The van der Waals surface area contributed by atoms with Gasteiger partial charge in [0.25, 0.3) is 0 Å². The summed E-state index contributed by atoms with van der Waals surface area (Å²) >= 11 is 0. The van der Waals surface area contributed by atoms with E-state index < -0.39 is 0 Å². The maximum Gasteiger partial charge on any atom is 0.0787 e. The molecule has 0 spiro atoms. The number of aryl methyl sites for hydroxylation is 1. The minimum atomic E-state index is -0.292. The molecular weight excluding hydrogens is 222 g/mol. The van der Waals surface area contributed by atoms with Crippen LogP contribution in [-0.4, -0.2) is 17.3 Å². The molecule has 2 N–H and O–H groups in total. The standard InChI is InChI=1S/C16H25NO/c1-5-11-7-8-13-12(9-11)10-14(18)15(17-13)16(3,4)6-2/h7-9,14-15,17-18H,5-6,10H2,1-4H3. The second kappa shape index (κ2) is 4.93. The van der Waals surface area contributed by atoms with Crippen LogP contribution < -0.4 is 5.32 Å². The molecule has 1 aliphatic heterocycles. The molecule has 2 heteroatoms. The van der Waals surface area contributed by atoms with Crippen molar-refractivity contribution in [3.63, 3.8) is 0 Å². The Morgan fingerprint density at radius 3 is 2.67 bits per heavy atom. The van der Waals surface area contributed by atoms with E-state index in [2.05, 4.69) is 51.2 Å². The van der Waals surface area contributed by atoms with Crippen molar-refractivity contribution in [1.82, 2.24) is 0 Å². The number of hydrogen-bond acceptors (Lipinski definition) is 2. The molecule has 0 aromatic heterocycles. The van der Waals surface area contributed by atoms with Gasteiger partial charge in [0.1, 0.15) is 0 Å². The molecule has 0 fully saturated rings. The van der Waals surface area contributed by atoms with E-state index in [-0.39, 0.29) is 17.6 Å². The van der Waals surface area contributed by atoms with Crippen LogP contribution in [-0.2, 0) is 12.8 Å². The van der Waals surface area contributed by atoms with Crippen LogP contribution in [0, 0.1) is 5.41 Å². The second-order valence-corrected chi connectivity index (χ2v) is 6.08. The molecule has 0 bridgehead atoms. The molecule has 0 saturated carbocycles. The zero-order valence-corrected chi connectivity index (χ0v) is 12.0. The summed E-state index contributed by atoms with van der Waals surface area (Å²) in [6, 6.07) is 6.71. The van der Waals surface area contributed by atoms with Gasteiger partial charge in [0, 0.05) is 12.1 Å². The maximum atomic E-state index is 10.4. The van der Waals surface area contributed by atoms with Crippen LogP contribution >= 0.6 is 0 Å². The Morgan fingerprint density at radius 1 is 1.33 bits per heavy atom. The van der Waals surface area contributed by atoms with Gasteiger partial charge in [-0.2, -0.15) is 0 Å². The smallest absolute Gasteiger partial charge is 0.0787 e. The summed E-state index contributed by atoms with van der Waals surface area (Å²) in [7, 11) is 0. The monoisotopic (exact) mass is 247 g/mol. The number of rotatable bonds is 3. The van der Waals surface area contributed by atoms with Gasteiger partial charge in [-0.05, 0) is 35.4 Å². The minimum Gasteiger partial charge on any atom is -0.391 e. The van der Waals surface area contributed by atoms with Crippen molar-refractivity contribution in [2.24, 2.45) is 5.41 Å². The highest BCUT2D eigenvalue weighted by molar-refractivity contribution is 5.56. The van der Waals surface area contributed by atoms with Gasteiger partial charge in [0.05, 0.1) is 12.1 Å². The zero-order chi connectivity index (χ0) is 13.3. The number of benzene rings is 1. The Labute approximate surface area is 110 Å². The number of aliphatic hydroxyl groups excluding tert-OH is 1. The van der Waals surface area contributed by atoms with E-state index in [0.29, 0.717) is 0 Å². The number of hydrogen-bond donors (Lipinski definition) is 2. The summed E-state index contributed by atoms with van der Waals surface area (Å²) in [5, 5.41) is 13.9. The van der Waals surface area contributed by atoms with Crippen molar-refractivity contribution < 1.29 is 5.11 Å². The van der Waals surface area contributed by atoms with E-state index in [4.69, 9.17) is 0 Å². The maximum absolute atomic E-state index is 10.4. The predicted molar refractivity (Wildman–Crippen MR) is 77.0 cm³/mol. The van der Waals surface area contributed by atoms with E-state index in [1.165, 1.54) is 16.8 Å². The molecule has 0 amide bonds. The molecule has 1 aromatic carbocycles. The first-order valence-electron chi connectivity index (χ1n) is 7.04. The van der Waals surface area contributed by atoms with E-state index in [0.717, 1.165) is 19.3 Å². The number of nitrogens with one attached hydrogen (secondary N) is 1. The zero-order valence-electron chi connectivity index (χ0n) is 12.0. The topological polar surface area (TPSA) is 32.3 Å². The SMILES string of the molecule is CCc1ccc2c(c1)CC(O)C(C(C)(C)CC)N2. The summed E-state index contributed by atoms with van der Waals surface area (Å²) in [6.45, 7) is 8.79. The largest absolute Gasteiger partial charge is 0.391 e. The Morgan fingerprint density at radius 2 is 2.06 bits per heavy atom. The molecule has 2 nitrogen and oxygen atoms in total. The molecule has 2 unspecified atom stereocenters. The van der Waals surface area contributed by atoms with Crippen molar-refractivity contribution in [3.05, 3.63) is 29.3 Å². The fourth-order valence-corrected chi connectivity index (χ4v) is 2.72. The van der Waals surface area contributed by atoms with Crippen molar-refractivity contribution >= 4 is 5.69 Å². The van der Waals surface area contributed by atoms with Crippen LogP contribution in [0.4, 0.5) is 5.69 Å². The van der Waals surface area contributed by atoms with Gasteiger partial charge in [-0.3, -0.25) is 0 Å². The fraction of sp³-hybridized carbons (Fsp3) is 0.625. The number of anilines is 1. The number of fused-ring (bicyclic) bond motifs is 1. The second-order valence-electron chi connectivity index (χ2n) is 6.08. The highest BCUT2D eigenvalue weighted by Gasteiger charge is 2.36. The molecule has 0 radical (unpaired) electrons. The Balaban J connectivity index is 2.28. The summed E-state index contributed by atoms with van der Waals surface area (Å²) in [5.41, 5.74) is 3.91. The Hall–Kier alpha value is -1.02. The predicted octanol–water partition coefficient (Wildman–Crippen LogP) is 3.38. The molecule has 0 aliphatic carbocycles. The fourth-order valence-electron chi connectivity index (χ4n) is 2.72. The van der Waals surface area contributed by atoms with Crippen molar-refractivity contribution in [3.8, 4) is 0 Å². The molecule has 0 saturated heterocycles. The van der Waals surface area contributed by atoms with Gasteiger partial charge >= 0.3 is 0 Å². The van der Waals surface area contributed by atoms with Gasteiger partial charge in [-0.15, -0.1) is 0 Å². The Bertz CT molecular complexity index is 425. The molecular formula is C16H25NO. The van der Waals surface area contributed by atoms with Crippen LogP contribution in [0.5, 0.6) is 0 Å². The van der Waals surface area contributed by atoms with E-state index in [9.17, 15) is 5.11 Å². The summed E-state index contributed by atoms with van der Waals surface area (Å²) in [4.78, 5) is 0. The lowest BCUT2D eigenvalue weighted by atomic mass is 9.75. The first-order chi connectivity index (χ1) is 8.47. The third-order valence-electron chi connectivity index (χ3n) is 4.46. The highest BCUT2D eigenvalue weighted by Crippen LogP contribution is 2.36.